The van der Waals surface area contributed by atoms with Crippen molar-refractivity contribution in [3.63, 3.8) is 0 Å². The molecule has 0 amide bonds. The van der Waals surface area contributed by atoms with E-state index in [1.807, 2.05) is 5.38 Å². The lowest BCUT2D eigenvalue weighted by molar-refractivity contribution is -0.109. The molecular formula is C11H15ClN2OS2. The molecule has 1 saturated heterocycles. The van der Waals surface area contributed by atoms with Crippen LogP contribution in [-0.4, -0.2) is 28.4 Å². The number of aromatic nitrogens is 1. The van der Waals surface area contributed by atoms with Crippen molar-refractivity contribution in [2.45, 2.75) is 18.6 Å². The number of piperidine rings is 1. The second kappa shape index (κ2) is 7.16. The van der Waals surface area contributed by atoms with Gasteiger partial charge in [0.2, 0.25) is 0 Å². The van der Waals surface area contributed by atoms with Gasteiger partial charge in [-0.1, -0.05) is 11.8 Å². The number of thiazole rings is 1. The minimum Gasteiger partial charge on any atom is -0.313 e. The van der Waals surface area contributed by atoms with Crippen LogP contribution in [0.3, 0.4) is 0 Å². The summed E-state index contributed by atoms with van der Waals surface area (Å²) in [5.41, 5.74) is 1.28. The van der Waals surface area contributed by atoms with Gasteiger partial charge in [0.1, 0.15) is 5.01 Å². The van der Waals surface area contributed by atoms with Crippen molar-refractivity contribution >= 4 is 46.7 Å². The smallest absolute Gasteiger partial charge is 0.186 e. The summed E-state index contributed by atoms with van der Waals surface area (Å²) in [6.45, 7) is 3.48. The van der Waals surface area contributed by atoms with Gasteiger partial charge in [0.05, 0.1) is 0 Å². The monoisotopic (exact) mass is 290 g/mol. The van der Waals surface area contributed by atoms with Gasteiger partial charge in [-0.3, -0.25) is 4.79 Å². The van der Waals surface area contributed by atoms with E-state index in [-0.39, 0.29) is 17.5 Å². The highest BCUT2D eigenvalue weighted by atomic mass is 35.5. The van der Waals surface area contributed by atoms with E-state index in [2.05, 4.69) is 16.4 Å². The number of carbonyl (C=O) groups excluding carboxylic acids is 1. The molecule has 1 aliphatic rings. The molecule has 0 aromatic carbocycles. The Morgan fingerprint density at radius 2 is 2.53 bits per heavy atom. The van der Waals surface area contributed by atoms with Crippen LogP contribution in [0.1, 0.15) is 18.4 Å². The Kier molecular flexibility index (Phi) is 6.19. The molecule has 94 valence electrons. The van der Waals surface area contributed by atoms with E-state index in [4.69, 9.17) is 0 Å². The van der Waals surface area contributed by atoms with E-state index in [9.17, 15) is 4.79 Å². The fourth-order valence-electron chi connectivity index (χ4n) is 1.71. The number of hydrogen-bond donors (Lipinski definition) is 1. The van der Waals surface area contributed by atoms with Crippen LogP contribution in [-0.2, 0) is 4.79 Å². The van der Waals surface area contributed by atoms with Crippen molar-refractivity contribution in [1.29, 1.82) is 0 Å². The van der Waals surface area contributed by atoms with Gasteiger partial charge < -0.3 is 5.32 Å². The number of carbonyl (C=O) groups is 1. The Morgan fingerprint density at radius 3 is 3.18 bits per heavy atom. The first kappa shape index (κ1) is 14.7. The molecule has 0 bridgehead atoms. The van der Waals surface area contributed by atoms with Gasteiger partial charge in [-0.15, -0.1) is 23.7 Å². The van der Waals surface area contributed by atoms with E-state index in [1.54, 1.807) is 24.5 Å². The number of nitrogens with zero attached hydrogens (tertiary/aromatic N) is 1. The first-order valence-corrected chi connectivity index (χ1v) is 6.99. The lowest BCUT2D eigenvalue weighted by atomic mass is 10.1. The summed E-state index contributed by atoms with van der Waals surface area (Å²) in [5.74, 6) is 0. The first-order chi connectivity index (χ1) is 7.75. The van der Waals surface area contributed by atoms with Crippen molar-refractivity contribution < 1.29 is 4.79 Å². The van der Waals surface area contributed by atoms with E-state index >= 15 is 0 Å². The lowest BCUT2D eigenvalue weighted by Gasteiger charge is -2.24. The minimum absolute atomic E-state index is 0. The Labute approximate surface area is 116 Å². The molecule has 0 radical (unpaired) electrons. The number of rotatable bonds is 2. The fraction of sp³-hybridized carbons (Fsp3) is 0.455. The van der Waals surface area contributed by atoms with Gasteiger partial charge in [0.15, 0.2) is 5.12 Å². The molecule has 1 fully saturated rings. The lowest BCUT2D eigenvalue weighted by Crippen LogP contribution is -2.32. The summed E-state index contributed by atoms with van der Waals surface area (Å²) in [4.78, 5) is 15.4. The molecule has 1 N–H and O–H groups in total. The summed E-state index contributed by atoms with van der Waals surface area (Å²) >= 11 is 3.06. The van der Waals surface area contributed by atoms with Crippen LogP contribution in [0.2, 0.25) is 0 Å². The van der Waals surface area contributed by atoms with Crippen molar-refractivity contribution in [3.8, 4) is 0 Å². The fourth-order valence-corrected chi connectivity index (χ4v) is 3.25. The van der Waals surface area contributed by atoms with Crippen LogP contribution in [0.4, 0.5) is 0 Å². The number of nitrogens with one attached hydrogen (secondary N) is 1. The maximum Gasteiger partial charge on any atom is 0.186 e. The Bertz CT molecular complexity index is 392. The van der Waals surface area contributed by atoms with E-state index < -0.39 is 0 Å². The van der Waals surface area contributed by atoms with Crippen LogP contribution >= 0.6 is 35.5 Å². The SMILES string of the molecule is CC(=O)SC1CCNC/C1=C\c1nccs1.Cl. The zero-order valence-electron chi connectivity index (χ0n) is 9.51. The molecule has 17 heavy (non-hydrogen) atoms. The maximum absolute atomic E-state index is 11.2. The highest BCUT2D eigenvalue weighted by molar-refractivity contribution is 8.14. The standard InChI is InChI=1S/C11H14N2OS2.ClH/c1-8(14)16-10-2-3-12-7-9(10)6-11-13-4-5-15-11;/h4-6,10,12H,2-3,7H2,1H3;1H/b9-6+;. The van der Waals surface area contributed by atoms with Gasteiger partial charge in [0.25, 0.3) is 0 Å². The van der Waals surface area contributed by atoms with E-state index in [0.29, 0.717) is 5.25 Å². The van der Waals surface area contributed by atoms with Crippen LogP contribution in [0.5, 0.6) is 0 Å². The predicted molar refractivity (Wildman–Crippen MR) is 76.9 cm³/mol. The van der Waals surface area contributed by atoms with Crippen molar-refractivity contribution in [1.82, 2.24) is 10.3 Å². The highest BCUT2D eigenvalue weighted by Gasteiger charge is 2.20. The highest BCUT2D eigenvalue weighted by Crippen LogP contribution is 2.27. The molecule has 3 nitrogen and oxygen atoms in total. The van der Waals surface area contributed by atoms with Gasteiger partial charge in [-0.05, 0) is 24.6 Å². The quantitative estimate of drug-likeness (QED) is 0.909. The van der Waals surface area contributed by atoms with Crippen LogP contribution < -0.4 is 5.32 Å². The van der Waals surface area contributed by atoms with Crippen LogP contribution in [0.25, 0.3) is 6.08 Å². The summed E-state index contributed by atoms with van der Waals surface area (Å²) in [6.07, 6.45) is 4.93. The summed E-state index contributed by atoms with van der Waals surface area (Å²) < 4.78 is 0. The number of hydrogen-bond acceptors (Lipinski definition) is 5. The zero-order valence-corrected chi connectivity index (χ0v) is 12.0. The third-order valence-corrected chi connectivity index (χ3v) is 4.27. The molecule has 1 atom stereocenters. The minimum atomic E-state index is 0. The average molecular weight is 291 g/mol. The molecule has 1 aromatic rings. The molecule has 2 heterocycles. The number of halogens is 1. The molecule has 2 rings (SSSR count). The largest absolute Gasteiger partial charge is 0.313 e. The Morgan fingerprint density at radius 1 is 1.71 bits per heavy atom. The van der Waals surface area contributed by atoms with Crippen LogP contribution in [0, 0.1) is 0 Å². The summed E-state index contributed by atoms with van der Waals surface area (Å²) in [6, 6.07) is 0. The molecule has 0 saturated carbocycles. The topological polar surface area (TPSA) is 42.0 Å². The van der Waals surface area contributed by atoms with Gasteiger partial charge >= 0.3 is 0 Å². The average Bonchev–Trinajstić information content (AvgIpc) is 2.73. The van der Waals surface area contributed by atoms with Gasteiger partial charge in [-0.2, -0.15) is 0 Å². The molecule has 1 aromatic heterocycles. The number of thioether (sulfide) groups is 1. The molecule has 1 unspecified atom stereocenters. The second-order valence-corrected chi connectivity index (χ2v) is 5.96. The van der Waals surface area contributed by atoms with Crippen molar-refractivity contribution in [2.24, 2.45) is 0 Å². The Hall–Kier alpha value is -0.360. The van der Waals surface area contributed by atoms with Crippen molar-refractivity contribution in [2.75, 3.05) is 13.1 Å². The zero-order chi connectivity index (χ0) is 11.4. The van der Waals surface area contributed by atoms with Gasteiger partial charge in [0, 0.05) is 30.3 Å². The predicted octanol–water partition coefficient (Wildman–Crippen LogP) is 2.59. The van der Waals surface area contributed by atoms with Gasteiger partial charge in [-0.25, -0.2) is 4.98 Å². The Balaban J connectivity index is 0.00000144. The molecule has 0 aliphatic carbocycles. The first-order valence-electron chi connectivity index (χ1n) is 5.23. The molecule has 1 aliphatic heterocycles. The van der Waals surface area contributed by atoms with Crippen molar-refractivity contribution in [3.05, 3.63) is 22.2 Å². The summed E-state index contributed by atoms with van der Waals surface area (Å²) in [7, 11) is 0. The summed E-state index contributed by atoms with van der Waals surface area (Å²) in [5, 5.41) is 6.84. The van der Waals surface area contributed by atoms with Crippen LogP contribution in [0.15, 0.2) is 17.2 Å². The molecule has 6 heteroatoms. The third kappa shape index (κ3) is 4.43. The van der Waals surface area contributed by atoms with E-state index in [1.165, 1.54) is 17.3 Å². The normalized spacial score (nSPS) is 22.2. The van der Waals surface area contributed by atoms with E-state index in [0.717, 1.165) is 24.5 Å². The second-order valence-electron chi connectivity index (χ2n) is 3.65. The molecular weight excluding hydrogens is 276 g/mol. The third-order valence-electron chi connectivity index (χ3n) is 2.39. The maximum atomic E-state index is 11.2. The molecule has 0 spiro atoms.